The van der Waals surface area contributed by atoms with Gasteiger partial charge >= 0.3 is 5.97 Å². The van der Waals surface area contributed by atoms with Crippen molar-refractivity contribution in [3.63, 3.8) is 0 Å². The second-order valence-corrected chi connectivity index (χ2v) is 9.36. The van der Waals surface area contributed by atoms with Crippen LogP contribution in [0, 0.1) is 0 Å². The Hall–Kier alpha value is -1.93. The largest absolute Gasteiger partial charge is 0.452 e. The van der Waals surface area contributed by atoms with E-state index in [-0.39, 0.29) is 35.1 Å². The zero-order valence-electron chi connectivity index (χ0n) is 17.1. The molecule has 2 rings (SSSR count). The van der Waals surface area contributed by atoms with Gasteiger partial charge < -0.3 is 9.64 Å². The number of amides is 1. The molecule has 28 heavy (non-hydrogen) atoms. The number of sulfonamides is 1. The van der Waals surface area contributed by atoms with Crippen molar-refractivity contribution in [3.8, 4) is 0 Å². The molecule has 0 spiro atoms. The highest BCUT2D eigenvalue weighted by molar-refractivity contribution is 7.89. The number of piperidine rings is 1. The maximum absolute atomic E-state index is 12.6. The Labute approximate surface area is 167 Å². The lowest BCUT2D eigenvalue weighted by Crippen LogP contribution is -2.45. The third-order valence-electron chi connectivity index (χ3n) is 5.22. The minimum Gasteiger partial charge on any atom is -0.452 e. The summed E-state index contributed by atoms with van der Waals surface area (Å²) in [6.45, 7) is 5.93. The first-order chi connectivity index (χ1) is 13.2. The van der Waals surface area contributed by atoms with E-state index in [1.54, 1.807) is 18.7 Å². The molecule has 1 aliphatic heterocycles. The summed E-state index contributed by atoms with van der Waals surface area (Å²) in [6.07, 6.45) is 3.91. The minimum absolute atomic E-state index is 0.0200. The highest BCUT2D eigenvalue weighted by atomic mass is 32.2. The Morgan fingerprint density at radius 3 is 2.64 bits per heavy atom. The number of carbonyl (C=O) groups excluding carboxylic acids is 2. The molecule has 0 aromatic heterocycles. The molecule has 8 heteroatoms. The third-order valence-corrected chi connectivity index (χ3v) is 7.25. The minimum atomic E-state index is -3.70. The lowest BCUT2D eigenvalue weighted by Gasteiger charge is -2.35. The van der Waals surface area contributed by atoms with E-state index in [2.05, 4.69) is 0 Å². The highest BCUT2D eigenvalue weighted by Gasteiger charge is 2.27. The van der Waals surface area contributed by atoms with Crippen LogP contribution in [0.5, 0.6) is 0 Å². The van der Waals surface area contributed by atoms with Crippen molar-refractivity contribution >= 4 is 21.9 Å². The highest BCUT2D eigenvalue weighted by Crippen LogP contribution is 2.20. The summed E-state index contributed by atoms with van der Waals surface area (Å²) in [4.78, 5) is 26.6. The van der Waals surface area contributed by atoms with Crippen LogP contribution >= 0.6 is 0 Å². The van der Waals surface area contributed by atoms with E-state index in [0.717, 1.165) is 25.7 Å². The number of hydrogen-bond acceptors (Lipinski definition) is 5. The molecule has 0 saturated carbocycles. The van der Waals surface area contributed by atoms with E-state index in [1.165, 1.54) is 35.6 Å². The van der Waals surface area contributed by atoms with Crippen LogP contribution in [-0.2, 0) is 19.6 Å². The molecule has 1 aliphatic rings. The molecule has 1 amide bonds. The Morgan fingerprint density at radius 2 is 2.00 bits per heavy atom. The molecule has 1 aromatic carbocycles. The van der Waals surface area contributed by atoms with Crippen molar-refractivity contribution in [1.29, 1.82) is 0 Å². The van der Waals surface area contributed by atoms with E-state index in [1.807, 2.05) is 6.92 Å². The lowest BCUT2D eigenvalue weighted by molar-refractivity contribution is -0.138. The monoisotopic (exact) mass is 410 g/mol. The molecule has 1 fully saturated rings. The number of rotatable bonds is 7. The summed E-state index contributed by atoms with van der Waals surface area (Å²) in [5.41, 5.74) is 0.108. The smallest absolute Gasteiger partial charge is 0.338 e. The van der Waals surface area contributed by atoms with Crippen molar-refractivity contribution in [2.45, 2.75) is 63.4 Å². The summed E-state index contributed by atoms with van der Waals surface area (Å²) >= 11 is 0. The Balaban J connectivity index is 2.06. The number of carbonyl (C=O) groups is 2. The molecule has 0 radical (unpaired) electrons. The van der Waals surface area contributed by atoms with Gasteiger partial charge in [-0.3, -0.25) is 4.79 Å². The zero-order valence-corrected chi connectivity index (χ0v) is 17.9. The van der Waals surface area contributed by atoms with Crippen LogP contribution in [0.2, 0.25) is 0 Å². The predicted octanol–water partition coefficient (Wildman–Crippen LogP) is 2.66. The number of hydrogen-bond donors (Lipinski definition) is 0. The average Bonchev–Trinajstić information content (AvgIpc) is 2.70. The summed E-state index contributed by atoms with van der Waals surface area (Å²) in [5.74, 6) is -0.911. The fourth-order valence-corrected chi connectivity index (χ4v) is 4.69. The topological polar surface area (TPSA) is 84.0 Å². The van der Waals surface area contributed by atoms with Gasteiger partial charge in [0.1, 0.15) is 0 Å². The quantitative estimate of drug-likeness (QED) is 0.645. The maximum atomic E-state index is 12.6. The van der Waals surface area contributed by atoms with Gasteiger partial charge in [-0.05, 0) is 57.7 Å². The van der Waals surface area contributed by atoms with Gasteiger partial charge in [-0.15, -0.1) is 0 Å². The van der Waals surface area contributed by atoms with Crippen molar-refractivity contribution in [3.05, 3.63) is 29.8 Å². The van der Waals surface area contributed by atoms with Gasteiger partial charge in [0.25, 0.3) is 5.91 Å². The van der Waals surface area contributed by atoms with E-state index in [0.29, 0.717) is 6.54 Å². The molecule has 1 aromatic rings. The first-order valence-electron chi connectivity index (χ1n) is 9.73. The Bertz CT molecular complexity index is 807. The number of esters is 1. The number of ether oxygens (including phenoxy) is 1. The molecule has 156 valence electrons. The van der Waals surface area contributed by atoms with Crippen LogP contribution in [-0.4, -0.2) is 61.8 Å². The van der Waals surface area contributed by atoms with Crippen LogP contribution < -0.4 is 0 Å². The molecule has 7 nitrogen and oxygen atoms in total. The normalized spacial score (nSPS) is 17.8. The number of likely N-dealkylation sites (tertiary alicyclic amines) is 1. The fraction of sp³-hybridized carbons (Fsp3) is 0.600. The Kier molecular flexibility index (Phi) is 7.60. The van der Waals surface area contributed by atoms with Gasteiger partial charge in [-0.2, -0.15) is 4.31 Å². The molecule has 0 aliphatic carbocycles. The van der Waals surface area contributed by atoms with Crippen LogP contribution in [0.1, 0.15) is 56.8 Å². The first kappa shape index (κ1) is 22.4. The molecular weight excluding hydrogens is 380 g/mol. The molecule has 0 unspecified atom stereocenters. The van der Waals surface area contributed by atoms with Gasteiger partial charge in [0.2, 0.25) is 10.0 Å². The van der Waals surface area contributed by atoms with Crippen LogP contribution in [0.4, 0.5) is 0 Å². The van der Waals surface area contributed by atoms with Gasteiger partial charge in [0, 0.05) is 25.7 Å². The van der Waals surface area contributed by atoms with Crippen molar-refractivity contribution in [2.24, 2.45) is 0 Å². The molecule has 0 N–H and O–H groups in total. The van der Waals surface area contributed by atoms with Crippen LogP contribution in [0.15, 0.2) is 29.2 Å². The summed E-state index contributed by atoms with van der Waals surface area (Å²) in [6, 6.07) is 5.69. The second-order valence-electron chi connectivity index (χ2n) is 7.36. The van der Waals surface area contributed by atoms with Gasteiger partial charge in [-0.1, -0.05) is 13.0 Å². The summed E-state index contributed by atoms with van der Waals surface area (Å²) in [5, 5.41) is 0. The molecule has 1 atom stereocenters. The van der Waals surface area contributed by atoms with Crippen molar-refractivity contribution in [1.82, 2.24) is 9.21 Å². The third kappa shape index (κ3) is 5.11. The van der Waals surface area contributed by atoms with E-state index < -0.39 is 16.0 Å². The summed E-state index contributed by atoms with van der Waals surface area (Å²) in [7, 11) is -2.21. The number of benzene rings is 1. The molecule has 1 heterocycles. The molecular formula is C20H30N2O5S. The Morgan fingerprint density at radius 1 is 1.29 bits per heavy atom. The van der Waals surface area contributed by atoms with E-state index >= 15 is 0 Å². The molecule has 0 bridgehead atoms. The molecule has 1 saturated heterocycles. The fourth-order valence-electron chi connectivity index (χ4n) is 3.27. The van der Waals surface area contributed by atoms with Gasteiger partial charge in [0.05, 0.1) is 10.5 Å². The predicted molar refractivity (Wildman–Crippen MR) is 106 cm³/mol. The van der Waals surface area contributed by atoms with Crippen LogP contribution in [0.3, 0.4) is 0 Å². The van der Waals surface area contributed by atoms with Gasteiger partial charge in [0.15, 0.2) is 6.61 Å². The second kappa shape index (κ2) is 9.52. The average molecular weight is 411 g/mol. The SMILES string of the molecule is CC[C@@H]1CCCCN1C(=O)COC(=O)c1cccc(S(=O)(=O)N(C)C(C)C)c1. The van der Waals surface area contributed by atoms with E-state index in [9.17, 15) is 18.0 Å². The standard InChI is InChI=1S/C20H30N2O5S/c1-5-17-10-6-7-12-22(17)19(23)14-27-20(24)16-9-8-11-18(13-16)28(25,26)21(4)15(2)3/h8-9,11,13,15,17H,5-7,10,12,14H2,1-4H3/t17-/m1/s1. The first-order valence-corrected chi connectivity index (χ1v) is 11.2. The maximum Gasteiger partial charge on any atom is 0.338 e. The van der Waals surface area contributed by atoms with Crippen molar-refractivity contribution < 1.29 is 22.7 Å². The number of nitrogens with zero attached hydrogens (tertiary/aromatic N) is 2. The van der Waals surface area contributed by atoms with Crippen LogP contribution in [0.25, 0.3) is 0 Å². The zero-order chi connectivity index (χ0) is 20.9. The van der Waals surface area contributed by atoms with E-state index in [4.69, 9.17) is 4.74 Å². The van der Waals surface area contributed by atoms with Gasteiger partial charge in [-0.25, -0.2) is 13.2 Å². The van der Waals surface area contributed by atoms with Crippen molar-refractivity contribution in [2.75, 3.05) is 20.2 Å². The lowest BCUT2D eigenvalue weighted by atomic mass is 10.00. The summed E-state index contributed by atoms with van der Waals surface area (Å²) < 4.78 is 31.6.